The van der Waals surface area contributed by atoms with Gasteiger partial charge in [0.15, 0.2) is 0 Å². The maximum Gasteiger partial charge on any atom is 0.306 e. The van der Waals surface area contributed by atoms with Gasteiger partial charge in [0.2, 0.25) is 5.91 Å². The molecule has 0 aromatic heterocycles. The number of unbranched alkanes of at least 4 members (excludes halogenated alkanes) is 25. The Morgan fingerprint density at radius 2 is 0.889 bits per heavy atom. The van der Waals surface area contributed by atoms with E-state index in [4.69, 9.17) is 4.74 Å². The van der Waals surface area contributed by atoms with Crippen LogP contribution in [-0.2, 0) is 14.3 Å². The van der Waals surface area contributed by atoms with Gasteiger partial charge >= 0.3 is 5.97 Å². The number of aliphatic hydroxyl groups excluding tert-OH is 2. The first-order chi connectivity index (χ1) is 31.0. The molecule has 3 atom stereocenters. The van der Waals surface area contributed by atoms with E-state index in [1.165, 1.54) is 135 Å². The summed E-state index contributed by atoms with van der Waals surface area (Å²) in [6.07, 6.45) is 64.0. The van der Waals surface area contributed by atoms with Crippen molar-refractivity contribution in [3.63, 3.8) is 0 Å². The maximum atomic E-state index is 13.2. The van der Waals surface area contributed by atoms with Gasteiger partial charge in [-0.05, 0) is 70.6 Å². The Balaban J connectivity index is 4.75. The van der Waals surface area contributed by atoms with Gasteiger partial charge in [-0.15, -0.1) is 0 Å². The molecule has 3 unspecified atom stereocenters. The van der Waals surface area contributed by atoms with E-state index in [2.05, 4.69) is 86.8 Å². The molecule has 0 heterocycles. The first kappa shape index (κ1) is 60.3. The molecule has 0 saturated carbocycles. The van der Waals surface area contributed by atoms with E-state index in [0.29, 0.717) is 19.3 Å². The molecule has 0 aliphatic heterocycles. The van der Waals surface area contributed by atoms with Crippen LogP contribution >= 0.6 is 0 Å². The fourth-order valence-corrected chi connectivity index (χ4v) is 7.69. The SMILES string of the molecule is CCCCC/C=C\C/C=C\C/C=C\C/C=C\CC(CC(=O)NC(CO)C(O)CCCCCCCCCCCCCCC)OC(=O)CCCCC/C=C/C=C/CCCCCCCCC. The number of carbonyl (C=O) groups is 2. The first-order valence-corrected chi connectivity index (χ1v) is 26.7. The minimum Gasteiger partial charge on any atom is -0.461 e. The van der Waals surface area contributed by atoms with Gasteiger partial charge < -0.3 is 20.3 Å². The lowest BCUT2D eigenvalue weighted by Gasteiger charge is -2.24. The highest BCUT2D eigenvalue weighted by molar-refractivity contribution is 5.77. The third-order valence-corrected chi connectivity index (χ3v) is 11.8. The van der Waals surface area contributed by atoms with Crippen molar-refractivity contribution in [1.82, 2.24) is 5.32 Å². The van der Waals surface area contributed by atoms with Crippen LogP contribution in [0.3, 0.4) is 0 Å². The predicted molar refractivity (Wildman–Crippen MR) is 273 cm³/mol. The Morgan fingerprint density at radius 1 is 0.492 bits per heavy atom. The molecule has 0 saturated heterocycles. The number of esters is 1. The van der Waals surface area contributed by atoms with Crippen molar-refractivity contribution < 1.29 is 24.5 Å². The molecule has 364 valence electrons. The summed E-state index contributed by atoms with van der Waals surface area (Å²) in [6, 6.07) is -0.739. The van der Waals surface area contributed by atoms with Crippen LogP contribution in [0.4, 0.5) is 0 Å². The van der Waals surface area contributed by atoms with Crippen LogP contribution in [0.2, 0.25) is 0 Å². The smallest absolute Gasteiger partial charge is 0.306 e. The van der Waals surface area contributed by atoms with Gasteiger partial charge in [-0.2, -0.15) is 0 Å². The molecular weight excluding hydrogens is 779 g/mol. The average Bonchev–Trinajstić information content (AvgIpc) is 3.28. The van der Waals surface area contributed by atoms with Crippen LogP contribution in [0.25, 0.3) is 0 Å². The molecule has 0 radical (unpaired) electrons. The predicted octanol–water partition coefficient (Wildman–Crippen LogP) is 16.2. The molecule has 0 aromatic rings. The van der Waals surface area contributed by atoms with E-state index < -0.39 is 18.2 Å². The molecule has 0 bridgehead atoms. The van der Waals surface area contributed by atoms with Crippen LogP contribution in [0.5, 0.6) is 0 Å². The van der Waals surface area contributed by atoms with Crippen molar-refractivity contribution in [2.24, 2.45) is 0 Å². The fraction of sp³-hybridized carbons (Fsp3) is 0.754. The summed E-state index contributed by atoms with van der Waals surface area (Å²) in [6.45, 7) is 6.42. The summed E-state index contributed by atoms with van der Waals surface area (Å²) in [4.78, 5) is 26.1. The van der Waals surface area contributed by atoms with Crippen molar-refractivity contribution in [2.75, 3.05) is 6.61 Å². The minimum absolute atomic E-state index is 0.0109. The highest BCUT2D eigenvalue weighted by Crippen LogP contribution is 2.16. The van der Waals surface area contributed by atoms with Crippen LogP contribution in [0.15, 0.2) is 72.9 Å². The first-order valence-electron chi connectivity index (χ1n) is 26.7. The molecular formula is C57H101NO5. The molecule has 6 nitrogen and oxygen atoms in total. The number of hydrogen-bond donors (Lipinski definition) is 3. The largest absolute Gasteiger partial charge is 0.461 e. The number of rotatable bonds is 47. The molecule has 0 aromatic carbocycles. The Kier molecular flexibility index (Phi) is 48.1. The summed E-state index contributed by atoms with van der Waals surface area (Å²) in [5.41, 5.74) is 0. The average molecular weight is 880 g/mol. The summed E-state index contributed by atoms with van der Waals surface area (Å²) in [5, 5.41) is 23.7. The Bertz CT molecular complexity index is 1170. The Morgan fingerprint density at radius 3 is 1.40 bits per heavy atom. The zero-order chi connectivity index (χ0) is 45.9. The van der Waals surface area contributed by atoms with E-state index in [0.717, 1.165) is 70.6 Å². The molecule has 0 fully saturated rings. The topological polar surface area (TPSA) is 95.9 Å². The van der Waals surface area contributed by atoms with E-state index in [1.807, 2.05) is 12.2 Å². The van der Waals surface area contributed by atoms with E-state index >= 15 is 0 Å². The lowest BCUT2D eigenvalue weighted by atomic mass is 10.0. The van der Waals surface area contributed by atoms with Gasteiger partial charge in [0, 0.05) is 12.8 Å². The van der Waals surface area contributed by atoms with Gasteiger partial charge in [0.1, 0.15) is 6.10 Å². The maximum absolute atomic E-state index is 13.2. The summed E-state index contributed by atoms with van der Waals surface area (Å²) in [5.74, 6) is -0.607. The van der Waals surface area contributed by atoms with Crippen molar-refractivity contribution in [3.05, 3.63) is 72.9 Å². The van der Waals surface area contributed by atoms with Crippen LogP contribution < -0.4 is 5.32 Å². The molecule has 3 N–H and O–H groups in total. The van der Waals surface area contributed by atoms with Gasteiger partial charge in [-0.25, -0.2) is 0 Å². The van der Waals surface area contributed by atoms with Crippen molar-refractivity contribution in [2.45, 2.75) is 270 Å². The van der Waals surface area contributed by atoms with Gasteiger partial charge in [-0.1, -0.05) is 235 Å². The summed E-state index contributed by atoms with van der Waals surface area (Å²) >= 11 is 0. The monoisotopic (exact) mass is 880 g/mol. The summed E-state index contributed by atoms with van der Waals surface area (Å²) < 4.78 is 5.86. The van der Waals surface area contributed by atoms with Crippen molar-refractivity contribution in [3.8, 4) is 0 Å². The molecule has 0 aliphatic rings. The van der Waals surface area contributed by atoms with Gasteiger partial charge in [-0.3, -0.25) is 9.59 Å². The minimum atomic E-state index is -0.818. The summed E-state index contributed by atoms with van der Waals surface area (Å²) in [7, 11) is 0. The van der Waals surface area contributed by atoms with Crippen LogP contribution in [0, 0.1) is 0 Å². The third kappa shape index (κ3) is 45.7. The standard InChI is InChI=1S/C57H101NO5/c1-4-7-10-13-16-19-22-25-27-29-32-35-38-41-44-47-50-57(62)63-53(48-45-42-39-36-33-31-28-26-23-20-17-14-11-8-5-2)51-56(61)58-54(52-59)55(60)49-46-43-40-37-34-30-24-21-18-15-12-9-6-3/h17,20,26-29,32-33,35-36,42,45,53-55,59-60H,4-16,18-19,21-25,30-31,34,37-41,43-44,46-52H2,1-3H3,(H,58,61)/b20-17-,28-26-,29-27+,35-32+,36-33-,45-42-. The van der Waals surface area contributed by atoms with Crippen LogP contribution in [-0.4, -0.2) is 46.9 Å². The number of amides is 1. The fourth-order valence-electron chi connectivity index (χ4n) is 7.69. The second-order valence-electron chi connectivity index (χ2n) is 18.0. The second kappa shape index (κ2) is 50.3. The molecule has 6 heteroatoms. The molecule has 0 spiro atoms. The van der Waals surface area contributed by atoms with Crippen LogP contribution in [0.1, 0.15) is 252 Å². The van der Waals surface area contributed by atoms with Crippen molar-refractivity contribution in [1.29, 1.82) is 0 Å². The molecule has 0 rings (SSSR count). The van der Waals surface area contributed by atoms with E-state index in [-0.39, 0.29) is 24.9 Å². The molecule has 0 aliphatic carbocycles. The normalized spacial score (nSPS) is 13.8. The lowest BCUT2D eigenvalue weighted by Crippen LogP contribution is -2.46. The number of carbonyl (C=O) groups excluding carboxylic acids is 2. The van der Waals surface area contributed by atoms with E-state index in [1.54, 1.807) is 0 Å². The number of hydrogen-bond acceptors (Lipinski definition) is 5. The van der Waals surface area contributed by atoms with Crippen molar-refractivity contribution >= 4 is 11.9 Å². The molecule has 1 amide bonds. The number of allylic oxidation sites excluding steroid dienone is 11. The quantitative estimate of drug-likeness (QED) is 0.0245. The Labute approximate surface area is 390 Å². The third-order valence-electron chi connectivity index (χ3n) is 11.8. The van der Waals surface area contributed by atoms with Gasteiger partial charge in [0.05, 0.1) is 25.2 Å². The highest BCUT2D eigenvalue weighted by atomic mass is 16.5. The number of ether oxygens (including phenoxy) is 1. The molecule has 63 heavy (non-hydrogen) atoms. The number of nitrogens with one attached hydrogen (secondary N) is 1. The number of aliphatic hydroxyl groups is 2. The second-order valence-corrected chi connectivity index (χ2v) is 18.0. The zero-order valence-corrected chi connectivity index (χ0v) is 41.4. The Hall–Kier alpha value is -2.70. The van der Waals surface area contributed by atoms with Gasteiger partial charge in [0.25, 0.3) is 0 Å². The zero-order valence-electron chi connectivity index (χ0n) is 41.4. The lowest BCUT2D eigenvalue weighted by molar-refractivity contribution is -0.150. The highest BCUT2D eigenvalue weighted by Gasteiger charge is 2.23. The van der Waals surface area contributed by atoms with E-state index in [9.17, 15) is 19.8 Å².